The molecule has 5 heteroatoms. The Labute approximate surface area is 122 Å². The van der Waals surface area contributed by atoms with Gasteiger partial charge in [-0.1, -0.05) is 18.2 Å². The Morgan fingerprint density at radius 1 is 1.14 bits per heavy atom. The van der Waals surface area contributed by atoms with Gasteiger partial charge in [0.15, 0.2) is 0 Å². The van der Waals surface area contributed by atoms with Gasteiger partial charge in [-0.2, -0.15) is 0 Å². The largest absolute Gasteiger partial charge is 0.398 e. The molecule has 3 rings (SSSR count). The number of benzene rings is 2. The molecule has 0 spiro atoms. The molecule has 1 amide bonds. The number of aromatic nitrogens is 2. The van der Waals surface area contributed by atoms with E-state index < -0.39 is 0 Å². The highest BCUT2D eigenvalue weighted by molar-refractivity contribution is 6.07. The van der Waals surface area contributed by atoms with Crippen LogP contribution < -0.4 is 11.1 Å². The molecule has 5 nitrogen and oxygen atoms in total. The summed E-state index contributed by atoms with van der Waals surface area (Å²) < 4.78 is 1.87. The van der Waals surface area contributed by atoms with E-state index in [1.165, 1.54) is 0 Å². The van der Waals surface area contributed by atoms with Crippen LogP contribution in [0.4, 0.5) is 11.4 Å². The van der Waals surface area contributed by atoms with Crippen LogP contribution >= 0.6 is 0 Å². The summed E-state index contributed by atoms with van der Waals surface area (Å²) in [7, 11) is 0. The Bertz CT molecular complexity index is 765. The van der Waals surface area contributed by atoms with E-state index in [4.69, 9.17) is 5.73 Å². The Kier molecular flexibility index (Phi) is 3.39. The van der Waals surface area contributed by atoms with Crippen molar-refractivity contribution in [2.24, 2.45) is 0 Å². The molecule has 0 unspecified atom stereocenters. The topological polar surface area (TPSA) is 72.9 Å². The molecule has 0 fully saturated rings. The lowest BCUT2D eigenvalue weighted by molar-refractivity contribution is 0.102. The van der Waals surface area contributed by atoms with E-state index in [0.717, 1.165) is 5.69 Å². The van der Waals surface area contributed by atoms with E-state index in [0.29, 0.717) is 16.9 Å². The third-order valence-electron chi connectivity index (χ3n) is 3.11. The number of hydrogen-bond donors (Lipinski definition) is 2. The standard InChI is InChI=1S/C16H14N4O/c17-15-7-2-1-6-14(15)16(21)19-12-4-3-5-13(10-12)20-9-8-18-11-20/h1-11H,17H2,(H,19,21). The number of nitrogens with zero attached hydrogens (tertiary/aromatic N) is 2. The molecule has 21 heavy (non-hydrogen) atoms. The zero-order chi connectivity index (χ0) is 14.7. The molecular formula is C16H14N4O. The number of carbonyl (C=O) groups excluding carboxylic acids is 1. The lowest BCUT2D eigenvalue weighted by Crippen LogP contribution is -2.14. The third-order valence-corrected chi connectivity index (χ3v) is 3.11. The molecule has 0 bridgehead atoms. The summed E-state index contributed by atoms with van der Waals surface area (Å²) in [6, 6.07) is 14.5. The lowest BCUT2D eigenvalue weighted by atomic mass is 10.1. The maximum absolute atomic E-state index is 12.2. The van der Waals surface area contributed by atoms with Crippen molar-refractivity contribution in [3.8, 4) is 5.69 Å². The van der Waals surface area contributed by atoms with Crippen LogP contribution in [-0.4, -0.2) is 15.5 Å². The minimum absolute atomic E-state index is 0.226. The van der Waals surface area contributed by atoms with Crippen molar-refractivity contribution < 1.29 is 4.79 Å². The molecule has 0 atom stereocenters. The molecule has 0 saturated carbocycles. The van der Waals surface area contributed by atoms with Crippen LogP contribution in [0.3, 0.4) is 0 Å². The van der Waals surface area contributed by atoms with Crippen molar-refractivity contribution in [2.45, 2.75) is 0 Å². The first kappa shape index (κ1) is 12.9. The Hall–Kier alpha value is -3.08. The second-order valence-electron chi connectivity index (χ2n) is 4.56. The van der Waals surface area contributed by atoms with Crippen molar-refractivity contribution in [1.29, 1.82) is 0 Å². The highest BCUT2D eigenvalue weighted by Gasteiger charge is 2.09. The molecule has 0 saturated heterocycles. The summed E-state index contributed by atoms with van der Waals surface area (Å²) in [6.45, 7) is 0. The molecular weight excluding hydrogens is 264 g/mol. The maximum Gasteiger partial charge on any atom is 0.257 e. The first-order valence-electron chi connectivity index (χ1n) is 6.48. The van der Waals surface area contributed by atoms with Gasteiger partial charge in [-0.25, -0.2) is 4.98 Å². The van der Waals surface area contributed by atoms with E-state index in [1.807, 2.05) is 35.0 Å². The third kappa shape index (κ3) is 2.76. The number of nitrogens with one attached hydrogen (secondary N) is 1. The van der Waals surface area contributed by atoms with E-state index in [2.05, 4.69) is 10.3 Å². The fraction of sp³-hybridized carbons (Fsp3) is 0. The molecule has 0 aliphatic heterocycles. The predicted octanol–water partition coefficient (Wildman–Crippen LogP) is 2.71. The van der Waals surface area contributed by atoms with Gasteiger partial charge in [0.2, 0.25) is 0 Å². The molecule has 2 aromatic carbocycles. The molecule has 1 heterocycles. The van der Waals surface area contributed by atoms with Gasteiger partial charge in [-0.05, 0) is 30.3 Å². The zero-order valence-electron chi connectivity index (χ0n) is 11.2. The van der Waals surface area contributed by atoms with Crippen LogP contribution in [0.1, 0.15) is 10.4 Å². The molecule has 3 N–H and O–H groups in total. The highest BCUT2D eigenvalue weighted by Crippen LogP contribution is 2.17. The Morgan fingerprint density at radius 3 is 2.76 bits per heavy atom. The summed E-state index contributed by atoms with van der Waals surface area (Å²) in [4.78, 5) is 16.2. The lowest BCUT2D eigenvalue weighted by Gasteiger charge is -2.09. The van der Waals surface area contributed by atoms with Crippen LogP contribution in [0.2, 0.25) is 0 Å². The number of imidazole rings is 1. The molecule has 0 aliphatic rings. The summed E-state index contributed by atoms with van der Waals surface area (Å²) in [5, 5.41) is 2.85. The van der Waals surface area contributed by atoms with Crippen molar-refractivity contribution >= 4 is 17.3 Å². The van der Waals surface area contributed by atoms with Gasteiger partial charge in [0, 0.05) is 29.5 Å². The quantitative estimate of drug-likeness (QED) is 0.723. The number of rotatable bonds is 3. The number of amides is 1. The molecule has 0 radical (unpaired) electrons. The number of nitrogen functional groups attached to an aromatic ring is 1. The fourth-order valence-corrected chi connectivity index (χ4v) is 2.06. The smallest absolute Gasteiger partial charge is 0.257 e. The van der Waals surface area contributed by atoms with Crippen molar-refractivity contribution in [3.05, 3.63) is 72.8 Å². The van der Waals surface area contributed by atoms with Crippen LogP contribution in [0.15, 0.2) is 67.3 Å². The molecule has 104 valence electrons. The van der Waals surface area contributed by atoms with Gasteiger partial charge < -0.3 is 15.6 Å². The summed E-state index contributed by atoms with van der Waals surface area (Å²) in [5.74, 6) is -0.226. The maximum atomic E-state index is 12.2. The number of para-hydroxylation sites is 1. The number of hydrogen-bond acceptors (Lipinski definition) is 3. The van der Waals surface area contributed by atoms with E-state index in [1.54, 1.807) is 36.8 Å². The van der Waals surface area contributed by atoms with Crippen LogP contribution in [0.5, 0.6) is 0 Å². The highest BCUT2D eigenvalue weighted by atomic mass is 16.1. The Balaban J connectivity index is 1.84. The van der Waals surface area contributed by atoms with Crippen LogP contribution in [0, 0.1) is 0 Å². The average Bonchev–Trinajstić information content (AvgIpc) is 3.02. The monoisotopic (exact) mass is 278 g/mol. The second-order valence-corrected chi connectivity index (χ2v) is 4.56. The van der Waals surface area contributed by atoms with Gasteiger partial charge >= 0.3 is 0 Å². The normalized spacial score (nSPS) is 10.3. The van der Waals surface area contributed by atoms with Gasteiger partial charge in [0.1, 0.15) is 0 Å². The van der Waals surface area contributed by atoms with Crippen molar-refractivity contribution in [1.82, 2.24) is 9.55 Å². The zero-order valence-corrected chi connectivity index (χ0v) is 11.2. The minimum Gasteiger partial charge on any atom is -0.398 e. The Morgan fingerprint density at radius 2 is 2.00 bits per heavy atom. The van der Waals surface area contributed by atoms with Gasteiger partial charge in [0.05, 0.1) is 11.9 Å². The number of anilines is 2. The van der Waals surface area contributed by atoms with Crippen molar-refractivity contribution in [3.63, 3.8) is 0 Å². The van der Waals surface area contributed by atoms with Gasteiger partial charge in [0.25, 0.3) is 5.91 Å². The van der Waals surface area contributed by atoms with E-state index in [-0.39, 0.29) is 5.91 Å². The average molecular weight is 278 g/mol. The van der Waals surface area contributed by atoms with Crippen LogP contribution in [0.25, 0.3) is 5.69 Å². The number of carbonyl (C=O) groups is 1. The van der Waals surface area contributed by atoms with Crippen LogP contribution in [-0.2, 0) is 0 Å². The van der Waals surface area contributed by atoms with Gasteiger partial charge in [-0.15, -0.1) is 0 Å². The van der Waals surface area contributed by atoms with E-state index in [9.17, 15) is 4.79 Å². The summed E-state index contributed by atoms with van der Waals surface area (Å²) >= 11 is 0. The van der Waals surface area contributed by atoms with Gasteiger partial charge in [-0.3, -0.25) is 4.79 Å². The fourth-order valence-electron chi connectivity index (χ4n) is 2.06. The van der Waals surface area contributed by atoms with Crippen molar-refractivity contribution in [2.75, 3.05) is 11.1 Å². The molecule has 0 aliphatic carbocycles. The minimum atomic E-state index is -0.226. The van der Waals surface area contributed by atoms with E-state index >= 15 is 0 Å². The SMILES string of the molecule is Nc1ccccc1C(=O)Nc1cccc(-n2ccnc2)c1. The first-order valence-corrected chi connectivity index (χ1v) is 6.48. The first-order chi connectivity index (χ1) is 10.2. The predicted molar refractivity (Wildman–Crippen MR) is 82.4 cm³/mol. The summed E-state index contributed by atoms with van der Waals surface area (Å²) in [5.41, 5.74) is 8.36. The second kappa shape index (κ2) is 5.50. The molecule has 3 aromatic rings. The number of nitrogens with two attached hydrogens (primary N) is 1. The molecule has 1 aromatic heterocycles. The summed E-state index contributed by atoms with van der Waals surface area (Å²) in [6.07, 6.45) is 5.25.